The molecule has 9 nitrogen and oxygen atoms in total. The molecule has 0 spiro atoms. The van der Waals surface area contributed by atoms with Crippen molar-refractivity contribution in [2.24, 2.45) is 0 Å². The van der Waals surface area contributed by atoms with Crippen molar-refractivity contribution in [1.82, 2.24) is 35.1 Å². The Kier molecular flexibility index (Phi) is 6.88. The zero-order chi connectivity index (χ0) is 23.5. The summed E-state index contributed by atoms with van der Waals surface area (Å²) < 4.78 is 0. The van der Waals surface area contributed by atoms with Crippen LogP contribution >= 0.6 is 11.6 Å². The van der Waals surface area contributed by atoms with Crippen molar-refractivity contribution in [3.8, 4) is 11.1 Å². The summed E-state index contributed by atoms with van der Waals surface area (Å²) in [5, 5.41) is 13.1. The summed E-state index contributed by atoms with van der Waals surface area (Å²) in [6.07, 6.45) is 3.88. The van der Waals surface area contributed by atoms with Crippen LogP contribution in [0.4, 0.5) is 5.95 Å². The first-order valence-corrected chi connectivity index (χ1v) is 11.6. The third-order valence-electron chi connectivity index (χ3n) is 5.76. The molecule has 1 aromatic carbocycles. The van der Waals surface area contributed by atoms with Gasteiger partial charge in [0.25, 0.3) is 0 Å². The van der Waals surface area contributed by atoms with E-state index in [0.717, 1.165) is 36.2 Å². The van der Waals surface area contributed by atoms with Gasteiger partial charge in [-0.1, -0.05) is 23.7 Å². The van der Waals surface area contributed by atoms with E-state index in [1.807, 2.05) is 68.2 Å². The topological polar surface area (TPSA) is 92.9 Å². The maximum absolute atomic E-state index is 13.0. The van der Waals surface area contributed by atoms with E-state index in [0.29, 0.717) is 23.3 Å². The highest BCUT2D eigenvalue weighted by Crippen LogP contribution is 2.34. The van der Waals surface area contributed by atoms with Gasteiger partial charge in [0, 0.05) is 49.9 Å². The number of anilines is 1. The number of benzene rings is 1. The lowest BCUT2D eigenvalue weighted by molar-refractivity contribution is -0.131. The lowest BCUT2D eigenvalue weighted by atomic mass is 9.89. The summed E-state index contributed by atoms with van der Waals surface area (Å²) in [4.78, 5) is 27.8. The highest BCUT2D eigenvalue weighted by molar-refractivity contribution is 6.30. The number of carbonyl (C=O) groups excluding carboxylic acids is 1. The zero-order valence-corrected chi connectivity index (χ0v) is 20.2. The molecule has 0 saturated carbocycles. The van der Waals surface area contributed by atoms with Crippen LogP contribution in [-0.4, -0.2) is 68.2 Å². The predicted octanol–water partition coefficient (Wildman–Crippen LogP) is 3.38. The van der Waals surface area contributed by atoms with Crippen LogP contribution in [-0.2, 0) is 11.2 Å². The fourth-order valence-electron chi connectivity index (χ4n) is 3.98. The number of likely N-dealkylation sites (tertiary alicyclic amines) is 1. The fraction of sp³-hybridized carbons (Fsp3) is 0.478. The van der Waals surface area contributed by atoms with E-state index in [1.54, 1.807) is 0 Å². The van der Waals surface area contributed by atoms with Crippen molar-refractivity contribution in [3.63, 3.8) is 0 Å². The average molecular weight is 469 g/mol. The third kappa shape index (κ3) is 5.30. The number of tetrazole rings is 1. The molecule has 3 aromatic rings. The molecule has 1 saturated heterocycles. The minimum absolute atomic E-state index is 0.0120. The van der Waals surface area contributed by atoms with E-state index >= 15 is 0 Å². The van der Waals surface area contributed by atoms with Crippen molar-refractivity contribution in [2.75, 3.05) is 32.1 Å². The van der Waals surface area contributed by atoms with E-state index in [4.69, 9.17) is 16.6 Å². The monoisotopic (exact) mass is 468 g/mol. The number of carbonyl (C=O) groups is 1. The summed E-state index contributed by atoms with van der Waals surface area (Å²) >= 11 is 6.10. The molecule has 0 radical (unpaired) electrons. The third-order valence-corrected chi connectivity index (χ3v) is 6.01. The summed E-state index contributed by atoms with van der Waals surface area (Å²) in [5.74, 6) is 1.22. The number of halogens is 1. The molecule has 10 heteroatoms. The van der Waals surface area contributed by atoms with Gasteiger partial charge in [-0.15, -0.1) is 10.2 Å². The summed E-state index contributed by atoms with van der Waals surface area (Å²) in [6.45, 7) is 5.27. The molecule has 0 N–H and O–H groups in total. The van der Waals surface area contributed by atoms with Gasteiger partial charge in [0.1, 0.15) is 0 Å². The minimum Gasteiger partial charge on any atom is -0.347 e. The first-order chi connectivity index (χ1) is 15.8. The van der Waals surface area contributed by atoms with Gasteiger partial charge in [0.15, 0.2) is 5.82 Å². The van der Waals surface area contributed by atoms with Crippen molar-refractivity contribution in [1.29, 1.82) is 0 Å². The van der Waals surface area contributed by atoms with Crippen LogP contribution in [0.1, 0.15) is 50.2 Å². The Bertz CT molecular complexity index is 1110. The molecule has 4 rings (SSSR count). The van der Waals surface area contributed by atoms with Gasteiger partial charge in [-0.2, -0.15) is 4.80 Å². The van der Waals surface area contributed by atoms with Crippen molar-refractivity contribution >= 4 is 23.5 Å². The van der Waals surface area contributed by atoms with Gasteiger partial charge in [-0.05, 0) is 49.6 Å². The van der Waals surface area contributed by atoms with Crippen LogP contribution in [0.3, 0.4) is 0 Å². The Morgan fingerprint density at radius 2 is 2.00 bits per heavy atom. The zero-order valence-electron chi connectivity index (χ0n) is 19.4. The molecule has 1 aliphatic heterocycles. The molecule has 0 bridgehead atoms. The first-order valence-electron chi connectivity index (χ1n) is 11.2. The largest absolute Gasteiger partial charge is 0.347 e. The Morgan fingerprint density at radius 3 is 2.67 bits per heavy atom. The second-order valence-electron chi connectivity index (χ2n) is 8.85. The predicted molar refractivity (Wildman–Crippen MR) is 127 cm³/mol. The lowest BCUT2D eigenvalue weighted by Gasteiger charge is -2.33. The molecular formula is C23H29ClN8O. The number of piperidine rings is 1. The number of hydrogen-bond acceptors (Lipinski definition) is 7. The van der Waals surface area contributed by atoms with Crippen LogP contribution in [0.15, 0.2) is 30.5 Å². The number of amides is 1. The van der Waals surface area contributed by atoms with Crippen LogP contribution < -0.4 is 4.90 Å². The minimum atomic E-state index is 0.0120. The molecule has 1 aliphatic rings. The summed E-state index contributed by atoms with van der Waals surface area (Å²) in [6, 6.07) is 7.81. The van der Waals surface area contributed by atoms with Gasteiger partial charge in [-0.25, -0.2) is 9.97 Å². The molecule has 0 unspecified atom stereocenters. The van der Waals surface area contributed by atoms with Gasteiger partial charge in [0.2, 0.25) is 11.9 Å². The Hall–Kier alpha value is -3.07. The second-order valence-corrected chi connectivity index (χ2v) is 9.28. The van der Waals surface area contributed by atoms with Gasteiger partial charge >= 0.3 is 0 Å². The van der Waals surface area contributed by atoms with Crippen LogP contribution in [0.5, 0.6) is 0 Å². The summed E-state index contributed by atoms with van der Waals surface area (Å²) in [5.41, 5.74) is 2.94. The molecule has 1 fully saturated rings. The number of hydrogen-bond donors (Lipinski definition) is 0. The average Bonchev–Trinajstić information content (AvgIpc) is 3.28. The first kappa shape index (κ1) is 23.1. The molecule has 174 valence electrons. The van der Waals surface area contributed by atoms with Crippen LogP contribution in [0.25, 0.3) is 11.1 Å². The van der Waals surface area contributed by atoms with E-state index in [9.17, 15) is 4.79 Å². The van der Waals surface area contributed by atoms with Crippen LogP contribution in [0.2, 0.25) is 5.02 Å². The summed E-state index contributed by atoms with van der Waals surface area (Å²) in [7, 11) is 3.85. The normalized spacial score (nSPS) is 16.3. The number of aromatic nitrogens is 6. The molecule has 1 atom stereocenters. The van der Waals surface area contributed by atoms with Gasteiger partial charge in [-0.3, -0.25) is 4.79 Å². The van der Waals surface area contributed by atoms with Crippen molar-refractivity contribution in [3.05, 3.63) is 47.0 Å². The molecule has 3 heterocycles. The molecule has 2 aromatic heterocycles. The number of nitrogens with zero attached hydrogens (tertiary/aromatic N) is 8. The Morgan fingerprint density at radius 1 is 1.24 bits per heavy atom. The molecule has 33 heavy (non-hydrogen) atoms. The SMILES string of the molecule is CC(C)n1nnc(CC(=O)N2CCC[C@@H](c3nc(N(C)C)ncc3-c3ccc(Cl)cc3)C2)n1. The molecule has 0 aliphatic carbocycles. The van der Waals surface area contributed by atoms with Crippen LogP contribution in [0, 0.1) is 0 Å². The maximum atomic E-state index is 13.0. The molecule has 1 amide bonds. The van der Waals surface area contributed by atoms with E-state index < -0.39 is 0 Å². The Labute approximate surface area is 198 Å². The van der Waals surface area contributed by atoms with Gasteiger partial charge in [0.05, 0.1) is 18.2 Å². The van der Waals surface area contributed by atoms with Gasteiger partial charge < -0.3 is 9.80 Å². The van der Waals surface area contributed by atoms with E-state index in [1.165, 1.54) is 4.80 Å². The Balaban J connectivity index is 1.58. The number of rotatable bonds is 6. The maximum Gasteiger partial charge on any atom is 0.230 e. The lowest BCUT2D eigenvalue weighted by Crippen LogP contribution is -2.40. The van der Waals surface area contributed by atoms with Crippen molar-refractivity contribution < 1.29 is 4.79 Å². The van der Waals surface area contributed by atoms with Crippen molar-refractivity contribution in [2.45, 2.75) is 45.1 Å². The highest BCUT2D eigenvalue weighted by atomic mass is 35.5. The smallest absolute Gasteiger partial charge is 0.230 e. The standard InChI is InChI=1S/C23H29ClN8O/c1-15(2)32-28-20(27-29-32)12-21(33)31-11-5-6-17(14-31)22-19(13-25-23(26-22)30(3)4)16-7-9-18(24)10-8-16/h7-10,13,15,17H,5-6,11-12,14H2,1-4H3/t17-/m1/s1. The quantitative estimate of drug-likeness (QED) is 0.547. The second kappa shape index (κ2) is 9.82. The van der Waals surface area contributed by atoms with E-state index in [2.05, 4.69) is 20.4 Å². The molecular weight excluding hydrogens is 440 g/mol. The highest BCUT2D eigenvalue weighted by Gasteiger charge is 2.29. The fourth-order valence-corrected chi connectivity index (χ4v) is 4.11. The van der Waals surface area contributed by atoms with E-state index in [-0.39, 0.29) is 24.3 Å².